The minimum absolute atomic E-state index is 1.06. The third kappa shape index (κ3) is 2.92. The summed E-state index contributed by atoms with van der Waals surface area (Å²) < 4.78 is 2.36. The number of nitrogens with zero attached hydrogens (tertiary/aromatic N) is 1. The van der Waals surface area contributed by atoms with Crippen LogP contribution in [0.15, 0.2) is 91.5 Å². The van der Waals surface area contributed by atoms with E-state index < -0.39 is 0 Å². The Kier molecular flexibility index (Phi) is 4.52. The van der Waals surface area contributed by atoms with Gasteiger partial charge in [0.2, 0.25) is 0 Å². The van der Waals surface area contributed by atoms with Gasteiger partial charge in [-0.05, 0) is 37.1 Å². The van der Waals surface area contributed by atoms with Crippen LogP contribution in [-0.4, -0.2) is 4.57 Å². The monoisotopic (exact) mass is 349 g/mol. The van der Waals surface area contributed by atoms with E-state index in [1.807, 2.05) is 0 Å². The zero-order chi connectivity index (χ0) is 18.8. The van der Waals surface area contributed by atoms with Crippen LogP contribution in [0, 0.1) is 0 Å². The van der Waals surface area contributed by atoms with Gasteiger partial charge in [-0.2, -0.15) is 0 Å². The summed E-state index contributed by atoms with van der Waals surface area (Å²) in [6.45, 7) is 8.45. The molecule has 0 radical (unpaired) electrons. The zero-order valence-electron chi connectivity index (χ0n) is 15.8. The van der Waals surface area contributed by atoms with Gasteiger partial charge < -0.3 is 4.57 Å². The van der Waals surface area contributed by atoms with Crippen LogP contribution in [0.1, 0.15) is 25.1 Å². The lowest BCUT2D eigenvalue weighted by atomic mass is 10.0. The highest BCUT2D eigenvalue weighted by Gasteiger charge is 2.20. The molecule has 1 heterocycles. The van der Waals surface area contributed by atoms with Crippen molar-refractivity contribution in [3.05, 3.63) is 103 Å². The molecule has 0 spiro atoms. The molecule has 0 bridgehead atoms. The molecular formula is C26H23N. The van der Waals surface area contributed by atoms with E-state index in [2.05, 4.69) is 116 Å². The normalized spacial score (nSPS) is 11.3. The van der Waals surface area contributed by atoms with Crippen LogP contribution < -0.4 is 0 Å². The Labute approximate surface area is 160 Å². The topological polar surface area (TPSA) is 4.93 Å². The lowest BCUT2D eigenvalue weighted by molar-refractivity contribution is 1.09. The van der Waals surface area contributed by atoms with Crippen LogP contribution >= 0.6 is 0 Å². The summed E-state index contributed by atoms with van der Waals surface area (Å²) in [4.78, 5) is 0. The molecule has 0 fully saturated rings. The number of allylic oxidation sites excluding steroid dienone is 2. The molecule has 0 unspecified atom stereocenters. The van der Waals surface area contributed by atoms with E-state index in [-0.39, 0.29) is 0 Å². The summed E-state index contributed by atoms with van der Waals surface area (Å²) in [5, 5.41) is 1.25. The third-order valence-corrected chi connectivity index (χ3v) is 4.87. The van der Waals surface area contributed by atoms with Crippen LogP contribution in [-0.2, 0) is 0 Å². The van der Waals surface area contributed by atoms with E-state index >= 15 is 0 Å². The Hall–Kier alpha value is -3.32. The van der Waals surface area contributed by atoms with Crippen molar-refractivity contribution in [3.63, 3.8) is 0 Å². The Balaban J connectivity index is 2.21. The maximum atomic E-state index is 4.30. The van der Waals surface area contributed by atoms with Crippen LogP contribution in [0.3, 0.4) is 0 Å². The predicted octanol–water partition coefficient (Wildman–Crippen LogP) is 7.36. The summed E-state index contributed by atoms with van der Waals surface area (Å²) in [5.41, 5.74) is 8.27. The van der Waals surface area contributed by atoms with Crippen molar-refractivity contribution < 1.29 is 0 Å². The molecule has 1 aromatic heterocycles. The molecule has 0 saturated carbocycles. The number of aromatic nitrogens is 1. The van der Waals surface area contributed by atoms with E-state index in [1.54, 1.807) is 0 Å². The smallest absolute Gasteiger partial charge is 0.0619 e. The summed E-state index contributed by atoms with van der Waals surface area (Å²) in [5.74, 6) is 0. The lowest BCUT2D eigenvalue weighted by Gasteiger charge is -2.14. The lowest BCUT2D eigenvalue weighted by Crippen LogP contribution is -2.00. The van der Waals surface area contributed by atoms with E-state index in [9.17, 15) is 0 Å². The first-order chi connectivity index (χ1) is 13.2. The van der Waals surface area contributed by atoms with Crippen molar-refractivity contribution in [1.29, 1.82) is 0 Å². The molecule has 0 saturated heterocycles. The molecular weight excluding hydrogens is 326 g/mol. The number of para-hydroxylation sites is 2. The molecule has 3 aromatic carbocycles. The highest BCUT2D eigenvalue weighted by molar-refractivity contribution is 6.04. The van der Waals surface area contributed by atoms with Gasteiger partial charge in [0.15, 0.2) is 0 Å². The Morgan fingerprint density at radius 3 is 2.15 bits per heavy atom. The van der Waals surface area contributed by atoms with Gasteiger partial charge in [-0.15, -0.1) is 0 Å². The Morgan fingerprint density at radius 1 is 0.852 bits per heavy atom. The second kappa shape index (κ2) is 7.13. The predicted molar refractivity (Wildman–Crippen MR) is 118 cm³/mol. The number of benzene rings is 3. The molecule has 0 atom stereocenters. The minimum atomic E-state index is 1.06. The maximum Gasteiger partial charge on any atom is 0.0619 e. The highest BCUT2D eigenvalue weighted by Crippen LogP contribution is 2.39. The fourth-order valence-electron chi connectivity index (χ4n) is 3.80. The van der Waals surface area contributed by atoms with E-state index in [1.165, 1.54) is 27.6 Å². The molecule has 4 rings (SSSR count). The SMILES string of the molecule is C=C(C)c1c(/C=C\C)c2cccc(-c3ccccc3)c2n1-c1ccccc1. The number of fused-ring (bicyclic) bond motifs is 1. The third-order valence-electron chi connectivity index (χ3n) is 4.87. The molecule has 0 N–H and O–H groups in total. The van der Waals surface area contributed by atoms with Crippen LogP contribution in [0.25, 0.3) is 39.4 Å². The quantitative estimate of drug-likeness (QED) is 0.362. The van der Waals surface area contributed by atoms with Crippen molar-refractivity contribution in [1.82, 2.24) is 4.57 Å². The molecule has 1 heteroatoms. The fraction of sp³-hybridized carbons (Fsp3) is 0.0769. The van der Waals surface area contributed by atoms with Crippen LogP contribution in [0.5, 0.6) is 0 Å². The van der Waals surface area contributed by atoms with Gasteiger partial charge in [-0.3, -0.25) is 0 Å². The first-order valence-corrected chi connectivity index (χ1v) is 9.29. The molecule has 27 heavy (non-hydrogen) atoms. The Morgan fingerprint density at radius 2 is 1.52 bits per heavy atom. The number of rotatable bonds is 4. The van der Waals surface area contributed by atoms with Crippen molar-refractivity contribution in [2.45, 2.75) is 13.8 Å². The fourth-order valence-corrected chi connectivity index (χ4v) is 3.80. The van der Waals surface area contributed by atoms with Gasteiger partial charge in [-0.25, -0.2) is 0 Å². The van der Waals surface area contributed by atoms with E-state index in [0.29, 0.717) is 0 Å². The summed E-state index contributed by atoms with van der Waals surface area (Å²) in [6.07, 6.45) is 4.30. The first-order valence-electron chi connectivity index (χ1n) is 9.29. The number of hydrogen-bond acceptors (Lipinski definition) is 0. The van der Waals surface area contributed by atoms with Crippen molar-refractivity contribution in [3.8, 4) is 16.8 Å². The van der Waals surface area contributed by atoms with Gasteiger partial charge in [0.1, 0.15) is 0 Å². The molecule has 0 aliphatic carbocycles. The molecule has 0 amide bonds. The second-order valence-electron chi connectivity index (χ2n) is 6.78. The van der Waals surface area contributed by atoms with Gasteiger partial charge >= 0.3 is 0 Å². The van der Waals surface area contributed by atoms with Gasteiger partial charge in [0.25, 0.3) is 0 Å². The van der Waals surface area contributed by atoms with Crippen molar-refractivity contribution in [2.24, 2.45) is 0 Å². The van der Waals surface area contributed by atoms with Crippen molar-refractivity contribution in [2.75, 3.05) is 0 Å². The molecule has 4 aromatic rings. The van der Waals surface area contributed by atoms with Gasteiger partial charge in [0.05, 0.1) is 11.2 Å². The summed E-state index contributed by atoms with van der Waals surface area (Å²) >= 11 is 0. The average molecular weight is 349 g/mol. The van der Waals surface area contributed by atoms with Crippen LogP contribution in [0.4, 0.5) is 0 Å². The standard InChI is InChI=1S/C26H23N/c1-4-12-23-24-18-11-17-22(20-13-7-5-8-14-20)26(24)27(25(23)19(2)3)21-15-9-6-10-16-21/h4-18H,2H2,1,3H3/b12-4-. The van der Waals surface area contributed by atoms with Gasteiger partial charge in [-0.1, -0.05) is 85.5 Å². The molecule has 1 nitrogen and oxygen atoms in total. The average Bonchev–Trinajstić information content (AvgIpc) is 3.04. The molecule has 132 valence electrons. The van der Waals surface area contributed by atoms with Crippen LogP contribution in [0.2, 0.25) is 0 Å². The summed E-state index contributed by atoms with van der Waals surface area (Å²) in [6, 6.07) is 27.7. The largest absolute Gasteiger partial charge is 0.308 e. The maximum absolute atomic E-state index is 4.30. The van der Waals surface area contributed by atoms with E-state index in [4.69, 9.17) is 0 Å². The van der Waals surface area contributed by atoms with Gasteiger partial charge in [0, 0.05) is 22.2 Å². The number of hydrogen-bond donors (Lipinski definition) is 0. The van der Waals surface area contributed by atoms with E-state index in [0.717, 1.165) is 17.0 Å². The second-order valence-corrected chi connectivity index (χ2v) is 6.78. The zero-order valence-corrected chi connectivity index (χ0v) is 15.8. The highest BCUT2D eigenvalue weighted by atomic mass is 15.0. The summed E-state index contributed by atoms with van der Waals surface area (Å²) in [7, 11) is 0. The molecule has 0 aliphatic heterocycles. The molecule has 0 aliphatic rings. The van der Waals surface area contributed by atoms with Crippen molar-refractivity contribution >= 4 is 22.6 Å². The minimum Gasteiger partial charge on any atom is -0.308 e. The first kappa shape index (κ1) is 17.1. The Bertz CT molecular complexity index is 1130.